The molecule has 1 amide bonds. The number of rotatable bonds is 3. The number of terminal acetylenes is 1. The van der Waals surface area contributed by atoms with Crippen LogP contribution in [0.15, 0.2) is 12.1 Å². The van der Waals surface area contributed by atoms with E-state index in [1.807, 2.05) is 0 Å². The van der Waals surface area contributed by atoms with Crippen LogP contribution in [0.25, 0.3) is 11.0 Å². The highest BCUT2D eigenvalue weighted by molar-refractivity contribution is 6.29. The van der Waals surface area contributed by atoms with Gasteiger partial charge in [-0.3, -0.25) is 4.90 Å². The molecular formula is C16H15ClN4O4. The molecule has 2 aromatic heterocycles. The van der Waals surface area contributed by atoms with Crippen molar-refractivity contribution in [3.8, 4) is 12.3 Å². The average molecular weight is 363 g/mol. The van der Waals surface area contributed by atoms with Crippen molar-refractivity contribution in [3.63, 3.8) is 0 Å². The van der Waals surface area contributed by atoms with E-state index < -0.39 is 17.6 Å². The molecule has 2 heterocycles. The molecule has 0 bridgehead atoms. The van der Waals surface area contributed by atoms with Crippen molar-refractivity contribution in [2.24, 2.45) is 5.92 Å². The van der Waals surface area contributed by atoms with Crippen LogP contribution < -0.4 is 4.90 Å². The normalized spacial score (nSPS) is 21.5. The lowest BCUT2D eigenvalue weighted by atomic mass is 10.2. The number of carbonyl (C=O) groups is 2. The fourth-order valence-electron chi connectivity index (χ4n) is 2.88. The summed E-state index contributed by atoms with van der Waals surface area (Å²) in [5, 5.41) is 5.18. The van der Waals surface area contributed by atoms with Gasteiger partial charge in [0.2, 0.25) is 0 Å². The number of anilines is 1. The van der Waals surface area contributed by atoms with Gasteiger partial charge in [0.05, 0.1) is 25.5 Å². The fraction of sp³-hybridized carbons (Fsp3) is 0.375. The summed E-state index contributed by atoms with van der Waals surface area (Å²) in [4.78, 5) is 29.8. The zero-order valence-electron chi connectivity index (χ0n) is 13.8. The molecule has 0 radical (unpaired) electrons. The second kappa shape index (κ2) is 5.93. The topological polar surface area (TPSA) is 86.6 Å². The molecule has 3 rings (SSSR count). The fourth-order valence-corrected chi connectivity index (χ4v) is 3.02. The second-order valence-corrected chi connectivity index (χ2v) is 6.00. The third-order valence-electron chi connectivity index (χ3n) is 4.29. The van der Waals surface area contributed by atoms with Crippen molar-refractivity contribution in [2.75, 3.05) is 26.2 Å². The maximum absolute atomic E-state index is 12.4. The molecule has 25 heavy (non-hydrogen) atoms. The number of esters is 1. The summed E-state index contributed by atoms with van der Waals surface area (Å²) in [6.07, 6.45) is 5.27. The van der Waals surface area contributed by atoms with Crippen molar-refractivity contribution < 1.29 is 19.1 Å². The molecule has 0 unspecified atom stereocenters. The van der Waals surface area contributed by atoms with E-state index in [0.29, 0.717) is 17.5 Å². The minimum absolute atomic E-state index is 0.221. The Balaban J connectivity index is 2.26. The molecular weight excluding hydrogens is 348 g/mol. The molecule has 8 nitrogen and oxygen atoms in total. The lowest BCUT2D eigenvalue weighted by molar-refractivity contribution is -0.146. The monoisotopic (exact) mass is 362 g/mol. The van der Waals surface area contributed by atoms with E-state index in [2.05, 4.69) is 16.0 Å². The third kappa shape index (κ3) is 2.39. The van der Waals surface area contributed by atoms with Crippen LogP contribution in [0.1, 0.15) is 6.42 Å². The van der Waals surface area contributed by atoms with E-state index >= 15 is 0 Å². The molecule has 0 spiro atoms. The molecule has 130 valence electrons. The molecule has 1 fully saturated rings. The molecule has 0 N–H and O–H groups in total. The standard InChI is InChI=1S/C16H15ClN4O4/c1-5-9-8-16(9,14(22)24-3)21-12-10(6-7-11(17)18-12)13(19-21)20(2)15(23)25-4/h1,6-7,9H,8H2,2-4H3/t9-,16-/m0/s1. The molecule has 0 aromatic carbocycles. The molecule has 1 aliphatic rings. The Morgan fingerprint density at radius 1 is 1.44 bits per heavy atom. The third-order valence-corrected chi connectivity index (χ3v) is 4.50. The second-order valence-electron chi connectivity index (χ2n) is 5.61. The Hall–Kier alpha value is -2.79. The van der Waals surface area contributed by atoms with Gasteiger partial charge in [-0.25, -0.2) is 19.3 Å². The van der Waals surface area contributed by atoms with Gasteiger partial charge in [-0.1, -0.05) is 11.6 Å². The number of hydrogen-bond acceptors (Lipinski definition) is 6. The zero-order chi connectivity index (χ0) is 18.4. The van der Waals surface area contributed by atoms with Crippen LogP contribution in [0.3, 0.4) is 0 Å². The summed E-state index contributed by atoms with van der Waals surface area (Å²) in [6.45, 7) is 0. The van der Waals surface area contributed by atoms with Crippen LogP contribution in [0, 0.1) is 18.3 Å². The van der Waals surface area contributed by atoms with Gasteiger partial charge in [-0.15, -0.1) is 12.3 Å². The summed E-state index contributed by atoms with van der Waals surface area (Å²) in [5.74, 6) is 1.93. The summed E-state index contributed by atoms with van der Waals surface area (Å²) < 4.78 is 11.1. The number of ether oxygens (including phenoxy) is 2. The highest BCUT2D eigenvalue weighted by atomic mass is 35.5. The first-order chi connectivity index (χ1) is 11.9. The van der Waals surface area contributed by atoms with Crippen LogP contribution in [0.4, 0.5) is 10.6 Å². The van der Waals surface area contributed by atoms with Gasteiger partial charge in [0.15, 0.2) is 17.0 Å². The lowest BCUT2D eigenvalue weighted by Gasteiger charge is -2.15. The summed E-state index contributed by atoms with van der Waals surface area (Å²) >= 11 is 6.01. The minimum Gasteiger partial charge on any atom is -0.467 e. The molecule has 0 saturated heterocycles. The van der Waals surface area contributed by atoms with Crippen LogP contribution >= 0.6 is 11.6 Å². The van der Waals surface area contributed by atoms with Crippen LogP contribution in [0.5, 0.6) is 0 Å². The number of amides is 1. The zero-order valence-corrected chi connectivity index (χ0v) is 14.6. The SMILES string of the molecule is C#C[C@H]1C[C@]1(C(=O)OC)n1nc(N(C)C(=O)OC)c2ccc(Cl)nc21. The van der Waals surface area contributed by atoms with E-state index in [0.717, 1.165) is 0 Å². The Kier molecular flexibility index (Phi) is 4.05. The summed E-state index contributed by atoms with van der Waals surface area (Å²) in [5.41, 5.74) is -0.823. The first kappa shape index (κ1) is 17.0. The maximum Gasteiger partial charge on any atom is 0.414 e. The minimum atomic E-state index is -1.16. The van der Waals surface area contributed by atoms with Crippen molar-refractivity contribution >= 4 is 40.5 Å². The number of nitrogens with zero attached hydrogens (tertiary/aromatic N) is 4. The quantitative estimate of drug-likeness (QED) is 0.470. The lowest BCUT2D eigenvalue weighted by Crippen LogP contribution is -2.33. The van der Waals surface area contributed by atoms with Gasteiger partial charge in [0, 0.05) is 13.5 Å². The van der Waals surface area contributed by atoms with Crippen molar-refractivity contribution in [3.05, 3.63) is 17.3 Å². The molecule has 9 heteroatoms. The molecule has 2 aromatic rings. The molecule has 0 aliphatic heterocycles. The Morgan fingerprint density at radius 3 is 2.72 bits per heavy atom. The van der Waals surface area contributed by atoms with Crippen LogP contribution in [0.2, 0.25) is 5.15 Å². The number of methoxy groups -OCH3 is 2. The number of fused-ring (bicyclic) bond motifs is 1. The van der Waals surface area contributed by atoms with Gasteiger partial charge >= 0.3 is 12.1 Å². The van der Waals surface area contributed by atoms with E-state index in [9.17, 15) is 9.59 Å². The Morgan fingerprint density at radius 2 is 2.16 bits per heavy atom. The highest BCUT2D eigenvalue weighted by Crippen LogP contribution is 2.52. The van der Waals surface area contributed by atoms with Gasteiger partial charge in [-0.05, 0) is 12.1 Å². The largest absolute Gasteiger partial charge is 0.467 e. The van der Waals surface area contributed by atoms with Crippen LogP contribution in [-0.2, 0) is 19.8 Å². The predicted octanol–water partition coefficient (Wildman–Crippen LogP) is 1.81. The molecule has 1 aliphatic carbocycles. The predicted molar refractivity (Wildman–Crippen MR) is 90.3 cm³/mol. The van der Waals surface area contributed by atoms with Crippen molar-refractivity contribution in [1.29, 1.82) is 0 Å². The first-order valence-electron chi connectivity index (χ1n) is 7.32. The van der Waals surface area contributed by atoms with Gasteiger partial charge < -0.3 is 9.47 Å². The van der Waals surface area contributed by atoms with Gasteiger partial charge in [0.25, 0.3) is 0 Å². The summed E-state index contributed by atoms with van der Waals surface area (Å²) in [6, 6.07) is 3.24. The smallest absolute Gasteiger partial charge is 0.414 e. The van der Waals surface area contributed by atoms with Crippen molar-refractivity contribution in [2.45, 2.75) is 12.0 Å². The van der Waals surface area contributed by atoms with Gasteiger partial charge in [0.1, 0.15) is 5.15 Å². The van der Waals surface area contributed by atoms with E-state index in [4.69, 9.17) is 27.5 Å². The van der Waals surface area contributed by atoms with Crippen LogP contribution in [-0.4, -0.2) is 48.1 Å². The number of hydrogen-bond donors (Lipinski definition) is 0. The Bertz CT molecular complexity index is 919. The number of aromatic nitrogens is 3. The van der Waals surface area contributed by atoms with E-state index in [-0.39, 0.29) is 16.9 Å². The Labute approximate surface area is 148 Å². The van der Waals surface area contributed by atoms with E-state index in [1.54, 1.807) is 12.1 Å². The maximum atomic E-state index is 12.4. The van der Waals surface area contributed by atoms with E-state index in [1.165, 1.54) is 30.8 Å². The highest BCUT2D eigenvalue weighted by Gasteiger charge is 2.64. The van der Waals surface area contributed by atoms with Crippen molar-refractivity contribution in [1.82, 2.24) is 14.8 Å². The number of halogens is 1. The van der Waals surface area contributed by atoms with Gasteiger partial charge in [-0.2, -0.15) is 5.10 Å². The molecule has 2 atom stereocenters. The number of carbonyl (C=O) groups excluding carboxylic acids is 2. The average Bonchev–Trinajstić information content (AvgIpc) is 3.26. The molecule has 1 saturated carbocycles. The number of pyridine rings is 1. The summed E-state index contributed by atoms with van der Waals surface area (Å²) in [7, 11) is 4.05. The first-order valence-corrected chi connectivity index (χ1v) is 7.70.